The summed E-state index contributed by atoms with van der Waals surface area (Å²) in [5.74, 6) is -3.62. The van der Waals surface area contributed by atoms with Crippen LogP contribution in [0, 0.1) is 0 Å². The SMILES string of the molecule is CC1(C)O[C@@H]2[C@@H](CO[C@@]3(C(=O)Nc4ccc(NC(=O)c5ccc(OCCN6CCCCC6)cc5)cc4)OC(C)(C)O[C@@H]23)O1. The van der Waals surface area contributed by atoms with Gasteiger partial charge in [-0.15, -0.1) is 0 Å². The zero-order valence-corrected chi connectivity index (χ0v) is 25.2. The fourth-order valence-electron chi connectivity index (χ4n) is 6.16. The molecule has 4 heterocycles. The van der Waals surface area contributed by atoms with Gasteiger partial charge in [-0.1, -0.05) is 6.42 Å². The number of ether oxygens (including phenoxy) is 6. The maximum atomic E-state index is 13.6. The zero-order valence-electron chi connectivity index (χ0n) is 25.2. The number of carbonyl (C=O) groups excluding carboxylic acids is 2. The number of likely N-dealkylation sites (tertiary alicyclic amines) is 1. The summed E-state index contributed by atoms with van der Waals surface area (Å²) in [5.41, 5.74) is 1.60. The number of fused-ring (bicyclic) bond motifs is 3. The standard InChI is InChI=1S/C32H41N3O8/c1-30(2)40-25-20-39-32(27(26(25)41-30)42-31(3,4)43-32)29(37)34-23-12-10-22(11-13-23)33-28(36)21-8-14-24(15-9-21)38-19-18-35-16-6-5-7-17-35/h8-15,25-27H,5-7,16-20H2,1-4H3,(H,33,36)(H,34,37)/t25-,26-,27+,32-/m1/s1. The van der Waals surface area contributed by atoms with Crippen molar-refractivity contribution in [3.63, 3.8) is 0 Å². The Morgan fingerprint density at radius 1 is 0.860 bits per heavy atom. The number of carbonyl (C=O) groups is 2. The smallest absolute Gasteiger partial charge is 0.287 e. The fraction of sp³-hybridized carbons (Fsp3) is 0.562. The van der Waals surface area contributed by atoms with E-state index < -0.39 is 35.5 Å². The molecule has 2 aromatic rings. The van der Waals surface area contributed by atoms with Gasteiger partial charge in [0.05, 0.1) is 6.61 Å². The Labute approximate surface area is 252 Å². The lowest BCUT2D eigenvalue weighted by Gasteiger charge is -2.39. The van der Waals surface area contributed by atoms with Crippen LogP contribution in [-0.2, 0) is 28.5 Å². The van der Waals surface area contributed by atoms with Crippen LogP contribution in [0.15, 0.2) is 48.5 Å². The van der Waals surface area contributed by atoms with Crippen LogP contribution in [0.3, 0.4) is 0 Å². The second-order valence-electron chi connectivity index (χ2n) is 12.4. The maximum Gasteiger partial charge on any atom is 0.287 e. The lowest BCUT2D eigenvalue weighted by atomic mass is 9.96. The molecule has 11 nitrogen and oxygen atoms in total. The lowest BCUT2D eigenvalue weighted by Crippen LogP contribution is -2.63. The van der Waals surface area contributed by atoms with Gasteiger partial charge in [0.15, 0.2) is 17.7 Å². The predicted molar refractivity (Wildman–Crippen MR) is 158 cm³/mol. The minimum Gasteiger partial charge on any atom is -0.492 e. The van der Waals surface area contributed by atoms with Gasteiger partial charge < -0.3 is 39.1 Å². The average Bonchev–Trinajstić information content (AvgIpc) is 3.46. The summed E-state index contributed by atoms with van der Waals surface area (Å²) in [7, 11) is 0. The molecule has 11 heteroatoms. The number of nitrogens with one attached hydrogen (secondary N) is 2. The summed E-state index contributed by atoms with van der Waals surface area (Å²) in [6, 6.07) is 13.9. The Bertz CT molecular complexity index is 1310. The number of hydrogen-bond donors (Lipinski definition) is 2. The van der Waals surface area contributed by atoms with Gasteiger partial charge in [0.1, 0.15) is 24.6 Å². The summed E-state index contributed by atoms with van der Waals surface area (Å²) in [6.45, 7) is 11.0. The monoisotopic (exact) mass is 595 g/mol. The highest BCUT2D eigenvalue weighted by Crippen LogP contribution is 2.48. The van der Waals surface area contributed by atoms with Crippen molar-refractivity contribution in [2.24, 2.45) is 0 Å². The highest BCUT2D eigenvalue weighted by molar-refractivity contribution is 6.04. The number of hydrogen-bond acceptors (Lipinski definition) is 9. The largest absolute Gasteiger partial charge is 0.492 e. The van der Waals surface area contributed by atoms with Crippen LogP contribution in [-0.4, -0.2) is 85.2 Å². The summed E-state index contributed by atoms with van der Waals surface area (Å²) >= 11 is 0. The number of anilines is 2. The molecule has 0 radical (unpaired) electrons. The molecule has 0 unspecified atom stereocenters. The van der Waals surface area contributed by atoms with Gasteiger partial charge in [-0.3, -0.25) is 14.5 Å². The molecule has 0 bridgehead atoms. The first-order valence-corrected chi connectivity index (χ1v) is 15.1. The molecule has 4 saturated heterocycles. The molecule has 2 amide bonds. The first-order chi connectivity index (χ1) is 20.5. The lowest BCUT2D eigenvalue weighted by molar-refractivity contribution is -0.264. The maximum absolute atomic E-state index is 13.6. The quantitative estimate of drug-likeness (QED) is 0.465. The van der Waals surface area contributed by atoms with Gasteiger partial charge >= 0.3 is 0 Å². The van der Waals surface area contributed by atoms with Gasteiger partial charge in [-0.2, -0.15) is 0 Å². The molecule has 4 atom stereocenters. The highest BCUT2D eigenvalue weighted by Gasteiger charge is 2.68. The molecule has 4 aliphatic rings. The summed E-state index contributed by atoms with van der Waals surface area (Å²) < 4.78 is 36.1. The molecule has 0 aromatic heterocycles. The number of piperidine rings is 1. The molecule has 0 aliphatic carbocycles. The molecule has 232 valence electrons. The van der Waals surface area contributed by atoms with Crippen molar-refractivity contribution in [1.29, 1.82) is 0 Å². The number of amides is 2. The van der Waals surface area contributed by atoms with Crippen molar-refractivity contribution in [1.82, 2.24) is 4.90 Å². The summed E-state index contributed by atoms with van der Waals surface area (Å²) in [5, 5.41) is 5.76. The molecule has 2 aromatic carbocycles. The molecule has 43 heavy (non-hydrogen) atoms. The molecule has 2 N–H and O–H groups in total. The molecular weight excluding hydrogens is 554 g/mol. The molecule has 0 spiro atoms. The number of nitrogens with zero attached hydrogens (tertiary/aromatic N) is 1. The highest BCUT2D eigenvalue weighted by atomic mass is 16.9. The van der Waals surface area contributed by atoms with Crippen LogP contribution >= 0.6 is 0 Å². The minimum atomic E-state index is -1.70. The zero-order chi connectivity index (χ0) is 30.2. The van der Waals surface area contributed by atoms with E-state index in [9.17, 15) is 9.59 Å². The van der Waals surface area contributed by atoms with Gasteiger partial charge in [0, 0.05) is 23.5 Å². The third-order valence-electron chi connectivity index (χ3n) is 8.12. The van der Waals surface area contributed by atoms with Crippen molar-refractivity contribution in [3.8, 4) is 5.75 Å². The molecule has 4 fully saturated rings. The van der Waals surface area contributed by atoms with Gasteiger partial charge in [-0.05, 0) is 102 Å². The Morgan fingerprint density at radius 2 is 1.53 bits per heavy atom. The summed E-state index contributed by atoms with van der Waals surface area (Å²) in [6.07, 6.45) is 2.09. The van der Waals surface area contributed by atoms with Crippen LogP contribution < -0.4 is 15.4 Å². The Morgan fingerprint density at radius 3 is 2.23 bits per heavy atom. The Hall–Kier alpha value is -3.06. The first kappa shape index (κ1) is 30.0. The van der Waals surface area contributed by atoms with Crippen molar-refractivity contribution in [2.45, 2.75) is 82.6 Å². The van der Waals surface area contributed by atoms with Crippen LogP contribution in [0.25, 0.3) is 0 Å². The van der Waals surface area contributed by atoms with E-state index in [1.54, 1.807) is 50.2 Å². The second-order valence-corrected chi connectivity index (χ2v) is 12.4. The van der Waals surface area contributed by atoms with E-state index in [1.165, 1.54) is 19.3 Å². The van der Waals surface area contributed by atoms with Gasteiger partial charge in [0.25, 0.3) is 17.6 Å². The molecular formula is C32H41N3O8. The third-order valence-corrected chi connectivity index (χ3v) is 8.12. The van der Waals surface area contributed by atoms with Crippen LogP contribution in [0.1, 0.15) is 57.3 Å². The first-order valence-electron chi connectivity index (χ1n) is 15.1. The topological polar surface area (TPSA) is 117 Å². The van der Waals surface area contributed by atoms with Crippen molar-refractivity contribution in [2.75, 3.05) is 43.5 Å². The van der Waals surface area contributed by atoms with E-state index in [0.717, 1.165) is 25.4 Å². The van der Waals surface area contributed by atoms with Crippen molar-refractivity contribution >= 4 is 23.2 Å². The van der Waals surface area contributed by atoms with Crippen molar-refractivity contribution in [3.05, 3.63) is 54.1 Å². The van der Waals surface area contributed by atoms with Gasteiger partial charge in [0.2, 0.25) is 0 Å². The van der Waals surface area contributed by atoms with E-state index in [4.69, 9.17) is 28.4 Å². The summed E-state index contributed by atoms with van der Waals surface area (Å²) in [4.78, 5) is 28.9. The Balaban J connectivity index is 1.03. The van der Waals surface area contributed by atoms with E-state index in [-0.39, 0.29) is 18.6 Å². The van der Waals surface area contributed by atoms with Crippen molar-refractivity contribution < 1.29 is 38.0 Å². The number of rotatable bonds is 8. The third kappa shape index (κ3) is 6.57. The average molecular weight is 596 g/mol. The van der Waals surface area contributed by atoms with E-state index in [2.05, 4.69) is 15.5 Å². The number of benzene rings is 2. The van der Waals surface area contributed by atoms with E-state index >= 15 is 0 Å². The molecule has 6 rings (SSSR count). The van der Waals surface area contributed by atoms with E-state index in [0.29, 0.717) is 23.5 Å². The Kier molecular flexibility index (Phi) is 8.22. The van der Waals surface area contributed by atoms with Crippen LogP contribution in [0.5, 0.6) is 5.75 Å². The van der Waals surface area contributed by atoms with Gasteiger partial charge in [-0.25, -0.2) is 0 Å². The molecule has 0 saturated carbocycles. The predicted octanol–water partition coefficient (Wildman–Crippen LogP) is 4.14. The van der Waals surface area contributed by atoms with E-state index in [1.807, 2.05) is 26.0 Å². The minimum absolute atomic E-state index is 0.119. The molecule has 4 aliphatic heterocycles. The second kappa shape index (κ2) is 11.8. The fourth-order valence-corrected chi connectivity index (χ4v) is 6.16. The van der Waals surface area contributed by atoms with Crippen LogP contribution in [0.2, 0.25) is 0 Å². The normalized spacial score (nSPS) is 29.3. The van der Waals surface area contributed by atoms with Crippen LogP contribution in [0.4, 0.5) is 11.4 Å².